The molecule has 2 N–H and O–H groups in total. The van der Waals surface area contributed by atoms with Crippen molar-refractivity contribution in [1.82, 2.24) is 15.1 Å². The van der Waals surface area contributed by atoms with Crippen LogP contribution in [0.1, 0.15) is 27.7 Å². The lowest BCUT2D eigenvalue weighted by Crippen LogP contribution is -2.29. The first-order valence-corrected chi connectivity index (χ1v) is 9.01. The predicted molar refractivity (Wildman–Crippen MR) is 105 cm³/mol. The molecule has 0 spiro atoms. The molecule has 0 radical (unpaired) electrons. The molecule has 4 rings (SSSR count). The summed E-state index contributed by atoms with van der Waals surface area (Å²) in [5, 5.41) is 18.5. The molecular weight excluding hydrogens is 385 g/mol. The molecule has 0 fully saturated rings. The Labute approximate surface area is 165 Å². The molecular formula is C20H15Cl2N3O2. The molecule has 1 unspecified atom stereocenters. The summed E-state index contributed by atoms with van der Waals surface area (Å²) in [5.74, 6) is -0.150. The van der Waals surface area contributed by atoms with E-state index in [0.717, 1.165) is 5.56 Å². The fourth-order valence-corrected chi connectivity index (χ4v) is 3.82. The molecule has 0 bridgehead atoms. The summed E-state index contributed by atoms with van der Waals surface area (Å²) >= 11 is 12.3. The first-order valence-electron chi connectivity index (χ1n) is 8.25. The van der Waals surface area contributed by atoms with Crippen molar-refractivity contribution in [3.63, 3.8) is 0 Å². The lowest BCUT2D eigenvalue weighted by Gasteiger charge is -2.25. The molecule has 1 aromatic heterocycles. The van der Waals surface area contributed by atoms with Gasteiger partial charge in [-0.25, -0.2) is 0 Å². The molecule has 7 heteroatoms. The maximum absolute atomic E-state index is 12.9. The van der Waals surface area contributed by atoms with Crippen LogP contribution in [0.15, 0.2) is 55.1 Å². The van der Waals surface area contributed by atoms with E-state index in [9.17, 15) is 9.90 Å². The van der Waals surface area contributed by atoms with Crippen molar-refractivity contribution < 1.29 is 9.90 Å². The van der Waals surface area contributed by atoms with Crippen LogP contribution in [0.5, 0.6) is 5.75 Å². The third-order valence-corrected chi connectivity index (χ3v) is 5.04. The SMILES string of the molecule is C=CCN1C(=O)c2[nH]nc(-c3cc(Cl)ccc3O)c2C1c1cccc(Cl)c1. The highest BCUT2D eigenvalue weighted by atomic mass is 35.5. The summed E-state index contributed by atoms with van der Waals surface area (Å²) in [6.07, 6.45) is 1.67. The molecule has 136 valence electrons. The Hall–Kier alpha value is -2.76. The third-order valence-electron chi connectivity index (χ3n) is 4.57. The summed E-state index contributed by atoms with van der Waals surface area (Å²) < 4.78 is 0. The number of aromatic nitrogens is 2. The average Bonchev–Trinajstić information content (AvgIpc) is 3.17. The number of nitrogens with one attached hydrogen (secondary N) is 1. The van der Waals surface area contributed by atoms with E-state index in [1.54, 1.807) is 29.2 Å². The zero-order valence-electron chi connectivity index (χ0n) is 14.1. The number of fused-ring (bicyclic) bond motifs is 1. The summed E-state index contributed by atoms with van der Waals surface area (Å²) in [4.78, 5) is 14.6. The number of nitrogens with zero attached hydrogens (tertiary/aromatic N) is 2. The number of amides is 1. The number of benzene rings is 2. The minimum atomic E-state index is -0.406. The van der Waals surface area contributed by atoms with Crippen LogP contribution >= 0.6 is 23.2 Å². The minimum Gasteiger partial charge on any atom is -0.507 e. The second-order valence-electron chi connectivity index (χ2n) is 6.23. The maximum atomic E-state index is 12.9. The fourth-order valence-electron chi connectivity index (χ4n) is 3.45. The van der Waals surface area contributed by atoms with Crippen LogP contribution in [0, 0.1) is 0 Å². The van der Waals surface area contributed by atoms with Gasteiger partial charge in [0.25, 0.3) is 5.91 Å². The molecule has 1 aliphatic rings. The number of hydrogen-bond acceptors (Lipinski definition) is 3. The number of aromatic amines is 1. The Morgan fingerprint density at radius 3 is 2.74 bits per heavy atom. The van der Waals surface area contributed by atoms with Crippen molar-refractivity contribution in [2.75, 3.05) is 6.54 Å². The van der Waals surface area contributed by atoms with Crippen LogP contribution in [-0.2, 0) is 0 Å². The summed E-state index contributed by atoms with van der Waals surface area (Å²) in [5.41, 5.74) is 2.86. The monoisotopic (exact) mass is 399 g/mol. The molecule has 0 saturated heterocycles. The van der Waals surface area contributed by atoms with Gasteiger partial charge < -0.3 is 10.0 Å². The summed E-state index contributed by atoms with van der Waals surface area (Å²) in [6, 6.07) is 11.7. The number of carbonyl (C=O) groups excluding carboxylic acids is 1. The Morgan fingerprint density at radius 2 is 2.00 bits per heavy atom. The smallest absolute Gasteiger partial charge is 0.273 e. The zero-order valence-corrected chi connectivity index (χ0v) is 15.6. The Balaban J connectivity index is 1.95. The van der Waals surface area contributed by atoms with Gasteiger partial charge in [-0.1, -0.05) is 41.4 Å². The predicted octanol–water partition coefficient (Wildman–Crippen LogP) is 4.82. The van der Waals surface area contributed by atoms with Gasteiger partial charge in [-0.15, -0.1) is 6.58 Å². The van der Waals surface area contributed by atoms with Gasteiger partial charge in [0.05, 0.1) is 6.04 Å². The quantitative estimate of drug-likeness (QED) is 0.617. The number of H-pyrrole nitrogens is 1. The highest BCUT2D eigenvalue weighted by Gasteiger charge is 2.42. The normalized spacial score (nSPS) is 15.9. The third kappa shape index (κ3) is 2.89. The number of rotatable bonds is 4. The minimum absolute atomic E-state index is 0.0353. The Kier molecular flexibility index (Phi) is 4.42. The highest BCUT2D eigenvalue weighted by molar-refractivity contribution is 6.31. The van der Waals surface area contributed by atoms with Crippen molar-refractivity contribution in [3.05, 3.63) is 82.0 Å². The number of phenolic OH excluding ortho intramolecular Hbond substituents is 1. The first-order chi connectivity index (χ1) is 13.0. The summed E-state index contributed by atoms with van der Waals surface area (Å²) in [7, 11) is 0. The van der Waals surface area contributed by atoms with Gasteiger partial charge in [0, 0.05) is 27.7 Å². The Morgan fingerprint density at radius 1 is 1.22 bits per heavy atom. The Bertz CT molecular complexity index is 1060. The van der Waals surface area contributed by atoms with E-state index in [4.69, 9.17) is 23.2 Å². The largest absolute Gasteiger partial charge is 0.507 e. The first kappa shape index (κ1) is 17.6. The molecule has 1 atom stereocenters. The van der Waals surface area contributed by atoms with E-state index in [1.165, 1.54) is 6.07 Å². The molecule has 3 aromatic rings. The van der Waals surface area contributed by atoms with Crippen LogP contribution in [0.2, 0.25) is 10.0 Å². The van der Waals surface area contributed by atoms with Crippen molar-refractivity contribution in [3.8, 4) is 17.0 Å². The van der Waals surface area contributed by atoms with Gasteiger partial charge >= 0.3 is 0 Å². The van der Waals surface area contributed by atoms with Crippen LogP contribution < -0.4 is 0 Å². The molecule has 5 nitrogen and oxygen atoms in total. The second kappa shape index (κ2) is 6.76. The molecule has 2 heterocycles. The topological polar surface area (TPSA) is 69.2 Å². The second-order valence-corrected chi connectivity index (χ2v) is 7.10. The van der Waals surface area contributed by atoms with Crippen molar-refractivity contribution >= 4 is 29.1 Å². The summed E-state index contributed by atoms with van der Waals surface area (Å²) in [6.45, 7) is 4.12. The molecule has 27 heavy (non-hydrogen) atoms. The number of aromatic hydroxyl groups is 1. The average molecular weight is 400 g/mol. The van der Waals surface area contributed by atoms with Gasteiger partial charge in [-0.05, 0) is 35.9 Å². The van der Waals surface area contributed by atoms with Gasteiger partial charge in [0.2, 0.25) is 0 Å². The lowest BCUT2D eigenvalue weighted by atomic mass is 9.96. The standard InChI is InChI=1S/C20H15Cl2N3O2/c1-2-8-25-19(11-4-3-5-12(21)9-11)16-17(23-24-18(16)20(25)27)14-10-13(22)6-7-15(14)26/h2-7,9-10,19,26H,1,8H2,(H,23,24). The fraction of sp³-hybridized carbons (Fsp3) is 0.100. The van der Waals surface area contributed by atoms with Crippen LogP contribution in [0.3, 0.4) is 0 Å². The number of halogens is 2. The number of carbonyl (C=O) groups is 1. The van der Waals surface area contributed by atoms with E-state index in [-0.39, 0.29) is 11.7 Å². The van der Waals surface area contributed by atoms with Crippen molar-refractivity contribution in [1.29, 1.82) is 0 Å². The van der Waals surface area contributed by atoms with E-state index < -0.39 is 6.04 Å². The number of phenols is 1. The molecule has 0 aliphatic carbocycles. The van der Waals surface area contributed by atoms with Gasteiger partial charge in [-0.2, -0.15) is 5.10 Å². The van der Waals surface area contributed by atoms with Crippen LogP contribution in [0.25, 0.3) is 11.3 Å². The van der Waals surface area contributed by atoms with E-state index >= 15 is 0 Å². The molecule has 2 aromatic carbocycles. The zero-order chi connectivity index (χ0) is 19.1. The van der Waals surface area contributed by atoms with Gasteiger partial charge in [-0.3, -0.25) is 9.89 Å². The van der Waals surface area contributed by atoms with E-state index in [0.29, 0.717) is 39.1 Å². The van der Waals surface area contributed by atoms with E-state index in [2.05, 4.69) is 16.8 Å². The number of hydrogen-bond donors (Lipinski definition) is 2. The highest BCUT2D eigenvalue weighted by Crippen LogP contribution is 2.45. The molecule has 1 aliphatic heterocycles. The van der Waals surface area contributed by atoms with Crippen LogP contribution in [0.4, 0.5) is 0 Å². The van der Waals surface area contributed by atoms with Crippen molar-refractivity contribution in [2.24, 2.45) is 0 Å². The van der Waals surface area contributed by atoms with E-state index in [1.807, 2.05) is 18.2 Å². The molecule has 0 saturated carbocycles. The van der Waals surface area contributed by atoms with Gasteiger partial charge in [0.15, 0.2) is 0 Å². The van der Waals surface area contributed by atoms with Gasteiger partial charge in [0.1, 0.15) is 17.1 Å². The lowest BCUT2D eigenvalue weighted by molar-refractivity contribution is 0.0764. The van der Waals surface area contributed by atoms with Crippen molar-refractivity contribution in [2.45, 2.75) is 6.04 Å². The van der Waals surface area contributed by atoms with Crippen LogP contribution in [-0.4, -0.2) is 32.7 Å². The molecule has 1 amide bonds. The maximum Gasteiger partial charge on any atom is 0.273 e.